The molecule has 0 unspecified atom stereocenters. The molecular formula is C35H37ClN2O7. The molecule has 236 valence electrons. The summed E-state index contributed by atoms with van der Waals surface area (Å²) < 4.78 is 16.5. The number of carbonyl (C=O) groups excluding carboxylic acids is 3. The summed E-state index contributed by atoms with van der Waals surface area (Å²) in [5.41, 5.74) is 3.61. The number of fused-ring (bicyclic) bond motifs is 2. The first kappa shape index (κ1) is 30.8. The average Bonchev–Trinajstić information content (AvgIpc) is 3.39. The van der Waals surface area contributed by atoms with Crippen LogP contribution in [0.25, 0.3) is 0 Å². The van der Waals surface area contributed by atoms with Crippen LogP contribution in [-0.4, -0.2) is 60.0 Å². The normalized spacial score (nSPS) is 20.8. The number of hydrogen-bond donors (Lipinski definition) is 1. The molecule has 3 atom stereocenters. The molecule has 0 spiro atoms. The van der Waals surface area contributed by atoms with E-state index in [1.54, 1.807) is 48.3 Å². The SMILES string of the molecule is COc1ccc(COC(=O)[C@H]2CCCC[C@H]2C(=O)N2CCc3c(Cl)ccc(O)c3[C@H]2CN2Cc3ccccc3C2=O)c(OC)c1. The Morgan fingerprint density at radius 2 is 1.78 bits per heavy atom. The van der Waals surface area contributed by atoms with E-state index in [2.05, 4.69) is 0 Å². The number of methoxy groups -OCH3 is 2. The first-order chi connectivity index (χ1) is 21.8. The van der Waals surface area contributed by atoms with Gasteiger partial charge in [-0.2, -0.15) is 0 Å². The lowest BCUT2D eigenvalue weighted by Gasteiger charge is -2.42. The van der Waals surface area contributed by atoms with Crippen molar-refractivity contribution < 1.29 is 33.7 Å². The van der Waals surface area contributed by atoms with Gasteiger partial charge in [-0.3, -0.25) is 14.4 Å². The molecule has 9 nitrogen and oxygen atoms in total. The van der Waals surface area contributed by atoms with E-state index in [1.807, 2.05) is 24.3 Å². The lowest BCUT2D eigenvalue weighted by molar-refractivity contribution is -0.159. The lowest BCUT2D eigenvalue weighted by atomic mass is 9.77. The molecule has 1 saturated carbocycles. The zero-order valence-corrected chi connectivity index (χ0v) is 26.2. The Kier molecular flexibility index (Phi) is 8.90. The molecule has 1 N–H and O–H groups in total. The van der Waals surface area contributed by atoms with E-state index in [1.165, 1.54) is 6.07 Å². The van der Waals surface area contributed by atoms with Gasteiger partial charge >= 0.3 is 5.97 Å². The van der Waals surface area contributed by atoms with Crippen molar-refractivity contribution in [3.63, 3.8) is 0 Å². The molecule has 2 aliphatic heterocycles. The number of rotatable bonds is 8. The average molecular weight is 633 g/mol. The third kappa shape index (κ3) is 5.93. The van der Waals surface area contributed by atoms with Crippen LogP contribution >= 0.6 is 11.6 Å². The smallest absolute Gasteiger partial charge is 0.310 e. The van der Waals surface area contributed by atoms with Crippen LogP contribution in [0.3, 0.4) is 0 Å². The van der Waals surface area contributed by atoms with E-state index in [4.69, 9.17) is 25.8 Å². The summed E-state index contributed by atoms with van der Waals surface area (Å²) in [5.74, 6) is -0.679. The summed E-state index contributed by atoms with van der Waals surface area (Å²) in [6.07, 6.45) is 3.19. The number of carbonyl (C=O) groups is 3. The molecule has 6 rings (SSSR count). The van der Waals surface area contributed by atoms with Crippen molar-refractivity contribution in [1.82, 2.24) is 9.80 Å². The first-order valence-corrected chi connectivity index (χ1v) is 15.7. The summed E-state index contributed by atoms with van der Waals surface area (Å²) in [6.45, 7) is 0.972. The fraction of sp³-hybridized carbons (Fsp3) is 0.400. The number of nitrogens with zero attached hydrogens (tertiary/aromatic N) is 2. The van der Waals surface area contributed by atoms with Crippen LogP contribution in [0.2, 0.25) is 5.02 Å². The van der Waals surface area contributed by atoms with Crippen LogP contribution in [0.15, 0.2) is 54.6 Å². The number of benzene rings is 3. The Hall–Kier alpha value is -4.24. The summed E-state index contributed by atoms with van der Waals surface area (Å²) in [6, 6.07) is 15.4. The summed E-state index contributed by atoms with van der Waals surface area (Å²) in [7, 11) is 3.11. The minimum absolute atomic E-state index is 0.00707. The van der Waals surface area contributed by atoms with E-state index in [-0.39, 0.29) is 30.7 Å². The fourth-order valence-electron chi connectivity index (χ4n) is 7.07. The van der Waals surface area contributed by atoms with E-state index >= 15 is 0 Å². The number of ether oxygens (including phenoxy) is 3. The number of esters is 1. The molecule has 1 aliphatic carbocycles. The highest BCUT2D eigenvalue weighted by Crippen LogP contribution is 2.43. The monoisotopic (exact) mass is 632 g/mol. The Bertz CT molecular complexity index is 1630. The number of halogens is 1. The van der Waals surface area contributed by atoms with Crippen LogP contribution in [-0.2, 0) is 33.9 Å². The van der Waals surface area contributed by atoms with Crippen LogP contribution in [0.5, 0.6) is 17.2 Å². The molecule has 2 amide bonds. The highest BCUT2D eigenvalue weighted by Gasteiger charge is 2.44. The molecule has 3 aromatic carbocycles. The zero-order chi connectivity index (χ0) is 31.7. The van der Waals surface area contributed by atoms with Gasteiger partial charge in [0.1, 0.15) is 23.9 Å². The number of hydrogen-bond acceptors (Lipinski definition) is 7. The van der Waals surface area contributed by atoms with E-state index in [9.17, 15) is 19.5 Å². The topological polar surface area (TPSA) is 106 Å². The second kappa shape index (κ2) is 13.0. The Labute approximate surface area is 267 Å². The number of phenolic OH excluding ortho intramolecular Hbond substituents is 1. The molecule has 0 radical (unpaired) electrons. The molecular weight excluding hydrogens is 596 g/mol. The third-order valence-corrected chi connectivity index (χ3v) is 9.77. The predicted molar refractivity (Wildman–Crippen MR) is 167 cm³/mol. The minimum atomic E-state index is -0.625. The summed E-state index contributed by atoms with van der Waals surface area (Å²) in [4.78, 5) is 44.9. The van der Waals surface area contributed by atoms with Crippen molar-refractivity contribution in [2.75, 3.05) is 27.3 Å². The Morgan fingerprint density at radius 3 is 2.53 bits per heavy atom. The second-order valence-corrected chi connectivity index (χ2v) is 12.3. The molecule has 2 heterocycles. The van der Waals surface area contributed by atoms with Crippen molar-refractivity contribution in [2.24, 2.45) is 11.8 Å². The maximum Gasteiger partial charge on any atom is 0.310 e. The molecule has 10 heteroatoms. The maximum atomic E-state index is 14.5. The van der Waals surface area contributed by atoms with Crippen LogP contribution in [0.1, 0.15) is 64.3 Å². The van der Waals surface area contributed by atoms with Gasteiger partial charge in [-0.25, -0.2) is 0 Å². The van der Waals surface area contributed by atoms with E-state index in [0.717, 1.165) is 24.0 Å². The van der Waals surface area contributed by atoms with E-state index in [0.29, 0.717) is 65.6 Å². The second-order valence-electron chi connectivity index (χ2n) is 11.9. The summed E-state index contributed by atoms with van der Waals surface area (Å²) in [5, 5.41) is 11.6. The van der Waals surface area contributed by atoms with Gasteiger partial charge in [0.15, 0.2) is 0 Å². The van der Waals surface area contributed by atoms with Crippen LogP contribution in [0.4, 0.5) is 0 Å². The standard InChI is InChI=1S/C35H37ClN2O7/c1-43-23-12-11-22(31(17-23)44-2)20-45-35(42)26-10-6-5-9-25(26)34(41)38-16-15-27-28(36)13-14-30(39)32(27)29(38)19-37-18-21-7-3-4-8-24(21)33(37)40/h3-4,7-8,11-14,17,25-26,29,39H,5-6,9-10,15-16,18-20H2,1-2H3/t25-,26+,29-/m1/s1. The van der Waals surface area contributed by atoms with Crippen LogP contribution in [0, 0.1) is 11.8 Å². The molecule has 3 aromatic rings. The van der Waals surface area contributed by atoms with Gasteiger partial charge in [0, 0.05) is 47.4 Å². The van der Waals surface area contributed by atoms with Crippen molar-refractivity contribution >= 4 is 29.4 Å². The van der Waals surface area contributed by atoms with Crippen molar-refractivity contribution in [2.45, 2.75) is 51.3 Å². The van der Waals surface area contributed by atoms with Gasteiger partial charge < -0.3 is 29.1 Å². The third-order valence-electron chi connectivity index (χ3n) is 9.41. The van der Waals surface area contributed by atoms with Gasteiger partial charge in [-0.05, 0) is 60.7 Å². The van der Waals surface area contributed by atoms with Gasteiger partial charge in [0.2, 0.25) is 5.91 Å². The number of phenols is 1. The van der Waals surface area contributed by atoms with Crippen molar-refractivity contribution in [3.05, 3.63) is 87.4 Å². The first-order valence-electron chi connectivity index (χ1n) is 15.4. The summed E-state index contributed by atoms with van der Waals surface area (Å²) >= 11 is 6.59. The highest BCUT2D eigenvalue weighted by molar-refractivity contribution is 6.31. The van der Waals surface area contributed by atoms with Crippen LogP contribution < -0.4 is 9.47 Å². The molecule has 0 saturated heterocycles. The highest BCUT2D eigenvalue weighted by atomic mass is 35.5. The minimum Gasteiger partial charge on any atom is -0.508 e. The molecule has 0 bridgehead atoms. The van der Waals surface area contributed by atoms with Crippen molar-refractivity contribution in [1.29, 1.82) is 0 Å². The van der Waals surface area contributed by atoms with Gasteiger partial charge in [-0.15, -0.1) is 0 Å². The van der Waals surface area contributed by atoms with E-state index < -0.39 is 23.8 Å². The molecule has 0 aromatic heterocycles. The predicted octanol–water partition coefficient (Wildman–Crippen LogP) is 5.69. The molecule has 45 heavy (non-hydrogen) atoms. The molecule has 3 aliphatic rings. The van der Waals surface area contributed by atoms with Gasteiger partial charge in [-0.1, -0.05) is 42.6 Å². The number of aromatic hydroxyl groups is 1. The molecule has 1 fully saturated rings. The van der Waals surface area contributed by atoms with Gasteiger partial charge in [0.25, 0.3) is 5.91 Å². The Morgan fingerprint density at radius 1 is 1.00 bits per heavy atom. The maximum absolute atomic E-state index is 14.5. The lowest BCUT2D eigenvalue weighted by Crippen LogP contribution is -2.50. The largest absolute Gasteiger partial charge is 0.508 e. The number of amides is 2. The van der Waals surface area contributed by atoms with Gasteiger partial charge in [0.05, 0.1) is 32.1 Å². The fourth-order valence-corrected chi connectivity index (χ4v) is 7.33. The van der Waals surface area contributed by atoms with Crippen molar-refractivity contribution in [3.8, 4) is 17.2 Å². The quantitative estimate of drug-likeness (QED) is 0.318. The zero-order valence-electron chi connectivity index (χ0n) is 25.5. The Balaban J connectivity index is 1.25.